The molecule has 122 valence electrons. The average molecular weight is 356 g/mol. The van der Waals surface area contributed by atoms with Gasteiger partial charge in [-0.05, 0) is 35.4 Å². The van der Waals surface area contributed by atoms with Crippen molar-refractivity contribution in [1.82, 2.24) is 25.1 Å². The van der Waals surface area contributed by atoms with Crippen LogP contribution in [0.3, 0.4) is 0 Å². The van der Waals surface area contributed by atoms with E-state index in [0.717, 1.165) is 12.8 Å². The van der Waals surface area contributed by atoms with Crippen LogP contribution >= 0.6 is 23.4 Å². The number of hydrogen-bond donors (Lipinski definition) is 0. The fourth-order valence-electron chi connectivity index (χ4n) is 2.07. The Morgan fingerprint density at radius 3 is 3.00 bits per heavy atom. The summed E-state index contributed by atoms with van der Waals surface area (Å²) >= 11 is 7.27. The molecule has 1 amide bonds. The highest BCUT2D eigenvalue weighted by Crippen LogP contribution is 2.36. The van der Waals surface area contributed by atoms with E-state index in [1.165, 1.54) is 28.8 Å². The molecule has 0 N–H and O–H groups in total. The number of nitrogens with zero attached hydrogens (tertiary/aromatic N) is 5. The van der Waals surface area contributed by atoms with Crippen LogP contribution in [0.15, 0.2) is 23.4 Å². The molecule has 0 unspecified atom stereocenters. The van der Waals surface area contributed by atoms with Gasteiger partial charge in [-0.3, -0.25) is 4.79 Å². The van der Waals surface area contributed by atoms with Gasteiger partial charge in [0.25, 0.3) is 0 Å². The molecule has 2 aromatic rings. The van der Waals surface area contributed by atoms with E-state index >= 15 is 0 Å². The molecule has 1 aliphatic rings. The Kier molecular flexibility index (Phi) is 4.82. The maximum atomic E-state index is 13.8. The predicted octanol–water partition coefficient (Wildman–Crippen LogP) is 2.55. The molecule has 0 atom stereocenters. The number of amides is 1. The minimum absolute atomic E-state index is 0.123. The van der Waals surface area contributed by atoms with Gasteiger partial charge in [0.05, 0.1) is 11.8 Å². The van der Waals surface area contributed by atoms with Crippen LogP contribution in [-0.2, 0) is 11.3 Å². The number of tetrazole rings is 1. The first-order chi connectivity index (χ1) is 11.1. The van der Waals surface area contributed by atoms with E-state index in [9.17, 15) is 9.18 Å². The summed E-state index contributed by atoms with van der Waals surface area (Å²) in [4.78, 5) is 13.7. The largest absolute Gasteiger partial charge is 0.341 e. The minimum atomic E-state index is -0.414. The Hall–Kier alpha value is -1.67. The number of halogens is 2. The lowest BCUT2D eigenvalue weighted by Crippen LogP contribution is -2.28. The second-order valence-electron chi connectivity index (χ2n) is 5.38. The number of aromatic nitrogens is 4. The Morgan fingerprint density at radius 2 is 2.30 bits per heavy atom. The van der Waals surface area contributed by atoms with Crippen LogP contribution in [0.25, 0.3) is 0 Å². The fourth-order valence-corrected chi connectivity index (χ4v) is 3.18. The third-order valence-electron chi connectivity index (χ3n) is 3.56. The Labute approximate surface area is 142 Å². The molecule has 0 radical (unpaired) electrons. The molecule has 3 rings (SSSR count). The first kappa shape index (κ1) is 16.2. The van der Waals surface area contributed by atoms with Gasteiger partial charge in [0.15, 0.2) is 0 Å². The number of carbonyl (C=O) groups is 1. The predicted molar refractivity (Wildman–Crippen MR) is 84.7 cm³/mol. The number of benzene rings is 1. The van der Waals surface area contributed by atoms with Crippen molar-refractivity contribution in [2.45, 2.75) is 30.6 Å². The van der Waals surface area contributed by atoms with Crippen LogP contribution in [0.5, 0.6) is 0 Å². The van der Waals surface area contributed by atoms with Gasteiger partial charge in [0.2, 0.25) is 11.1 Å². The van der Waals surface area contributed by atoms with Gasteiger partial charge in [0.1, 0.15) is 5.82 Å². The van der Waals surface area contributed by atoms with Crippen molar-refractivity contribution in [3.63, 3.8) is 0 Å². The van der Waals surface area contributed by atoms with E-state index in [0.29, 0.717) is 21.8 Å². The highest BCUT2D eigenvalue weighted by molar-refractivity contribution is 7.99. The molecule has 9 heteroatoms. The lowest BCUT2D eigenvalue weighted by Gasteiger charge is -2.18. The van der Waals surface area contributed by atoms with Crippen molar-refractivity contribution in [3.05, 3.63) is 34.6 Å². The number of thioether (sulfide) groups is 1. The van der Waals surface area contributed by atoms with Crippen LogP contribution in [-0.4, -0.2) is 43.8 Å². The molecule has 0 bridgehead atoms. The summed E-state index contributed by atoms with van der Waals surface area (Å²) in [6.45, 7) is 0.123. The average Bonchev–Trinajstić information content (AvgIpc) is 3.27. The van der Waals surface area contributed by atoms with E-state index in [4.69, 9.17) is 11.6 Å². The Morgan fingerprint density at radius 1 is 1.52 bits per heavy atom. The third kappa shape index (κ3) is 3.81. The molecule has 1 aromatic heterocycles. The van der Waals surface area contributed by atoms with Gasteiger partial charge >= 0.3 is 0 Å². The van der Waals surface area contributed by atoms with Gasteiger partial charge in [0, 0.05) is 24.2 Å². The van der Waals surface area contributed by atoms with Gasteiger partial charge in [-0.2, -0.15) is 0 Å². The van der Waals surface area contributed by atoms with Gasteiger partial charge < -0.3 is 4.90 Å². The van der Waals surface area contributed by atoms with Crippen molar-refractivity contribution in [2.75, 3.05) is 12.8 Å². The normalized spacial score (nSPS) is 14.0. The van der Waals surface area contributed by atoms with Crippen LogP contribution in [0.1, 0.15) is 24.4 Å². The van der Waals surface area contributed by atoms with Crippen molar-refractivity contribution < 1.29 is 9.18 Å². The molecule has 0 aliphatic heterocycles. The maximum Gasteiger partial charge on any atom is 0.233 e. The van der Waals surface area contributed by atoms with Crippen LogP contribution in [0.4, 0.5) is 4.39 Å². The fraction of sp³-hybridized carbons (Fsp3) is 0.429. The molecule has 1 saturated carbocycles. The molecular weight excluding hydrogens is 341 g/mol. The van der Waals surface area contributed by atoms with Gasteiger partial charge in [-0.25, -0.2) is 9.07 Å². The summed E-state index contributed by atoms with van der Waals surface area (Å²) in [7, 11) is 1.62. The molecule has 0 spiro atoms. The summed E-state index contributed by atoms with van der Waals surface area (Å²) < 4.78 is 15.5. The molecule has 6 nitrogen and oxygen atoms in total. The van der Waals surface area contributed by atoms with Crippen molar-refractivity contribution in [2.24, 2.45) is 0 Å². The van der Waals surface area contributed by atoms with E-state index in [-0.39, 0.29) is 18.2 Å². The summed E-state index contributed by atoms with van der Waals surface area (Å²) in [5.41, 5.74) is 0.317. The van der Waals surface area contributed by atoms with Crippen molar-refractivity contribution >= 4 is 29.3 Å². The van der Waals surface area contributed by atoms with Crippen molar-refractivity contribution in [1.29, 1.82) is 0 Å². The Bertz CT molecular complexity index is 701. The van der Waals surface area contributed by atoms with Crippen LogP contribution in [0.2, 0.25) is 5.02 Å². The molecule has 23 heavy (non-hydrogen) atoms. The van der Waals surface area contributed by atoms with E-state index in [1.807, 2.05) is 0 Å². The number of rotatable bonds is 6. The summed E-state index contributed by atoms with van der Waals surface area (Å²) in [6.07, 6.45) is 2.14. The topological polar surface area (TPSA) is 63.9 Å². The monoisotopic (exact) mass is 355 g/mol. The lowest BCUT2D eigenvalue weighted by molar-refractivity contribution is -0.127. The van der Waals surface area contributed by atoms with E-state index < -0.39 is 5.82 Å². The summed E-state index contributed by atoms with van der Waals surface area (Å²) in [6, 6.07) is 4.84. The zero-order valence-electron chi connectivity index (χ0n) is 12.4. The number of hydrogen-bond acceptors (Lipinski definition) is 5. The summed E-state index contributed by atoms with van der Waals surface area (Å²) in [5.74, 6) is -0.363. The highest BCUT2D eigenvalue weighted by atomic mass is 35.5. The first-order valence-corrected chi connectivity index (χ1v) is 8.50. The zero-order chi connectivity index (χ0) is 16.4. The molecule has 1 fully saturated rings. The van der Waals surface area contributed by atoms with E-state index in [1.54, 1.807) is 17.8 Å². The van der Waals surface area contributed by atoms with Gasteiger partial charge in [-0.15, -0.1) is 5.10 Å². The second-order valence-corrected chi connectivity index (χ2v) is 6.73. The molecule has 1 aliphatic carbocycles. The second kappa shape index (κ2) is 6.84. The lowest BCUT2D eigenvalue weighted by atomic mass is 10.2. The van der Waals surface area contributed by atoms with Gasteiger partial charge in [-0.1, -0.05) is 29.4 Å². The molecule has 1 aromatic carbocycles. The SMILES string of the molecule is CN(Cc1c(F)cccc1Cl)C(=O)CSc1nnnn1C1CC1. The smallest absolute Gasteiger partial charge is 0.233 e. The number of carbonyl (C=O) groups excluding carboxylic acids is 1. The maximum absolute atomic E-state index is 13.8. The third-order valence-corrected chi connectivity index (χ3v) is 4.84. The van der Waals surface area contributed by atoms with Crippen LogP contribution in [0, 0.1) is 5.82 Å². The first-order valence-electron chi connectivity index (χ1n) is 7.13. The summed E-state index contributed by atoms with van der Waals surface area (Å²) in [5, 5.41) is 12.5. The standard InChI is InChI=1S/C14H15ClFN5OS/c1-20(7-10-11(15)3-2-4-12(10)16)13(22)8-23-14-17-18-19-21(14)9-5-6-9/h2-4,9H,5-8H2,1H3. The van der Waals surface area contributed by atoms with Crippen LogP contribution < -0.4 is 0 Å². The van der Waals surface area contributed by atoms with E-state index in [2.05, 4.69) is 15.5 Å². The Balaban J connectivity index is 1.58. The minimum Gasteiger partial charge on any atom is -0.341 e. The molecular formula is C14H15ClFN5OS. The highest BCUT2D eigenvalue weighted by Gasteiger charge is 2.28. The quantitative estimate of drug-likeness (QED) is 0.745. The molecule has 1 heterocycles. The molecule has 0 saturated heterocycles. The zero-order valence-corrected chi connectivity index (χ0v) is 14.0. The van der Waals surface area contributed by atoms with Crippen molar-refractivity contribution in [3.8, 4) is 0 Å².